The maximum Gasteiger partial charge on any atom is 0.381 e. The van der Waals surface area contributed by atoms with Crippen LogP contribution in [0.1, 0.15) is 45.2 Å². The first-order valence-corrected chi connectivity index (χ1v) is 8.17. The highest BCUT2D eigenvalue weighted by Gasteiger charge is 2.22. The van der Waals surface area contributed by atoms with Crippen molar-refractivity contribution in [3.8, 4) is 5.75 Å². The van der Waals surface area contributed by atoms with Gasteiger partial charge in [-0.15, -0.1) is 0 Å². The van der Waals surface area contributed by atoms with Crippen molar-refractivity contribution in [1.82, 2.24) is 0 Å². The second-order valence-electron chi connectivity index (χ2n) is 6.26. The maximum absolute atomic E-state index is 11.7. The van der Waals surface area contributed by atoms with Crippen molar-refractivity contribution in [2.24, 2.45) is 0 Å². The van der Waals surface area contributed by atoms with Gasteiger partial charge < -0.3 is 0 Å². The van der Waals surface area contributed by atoms with Crippen molar-refractivity contribution in [2.75, 3.05) is 0 Å². The zero-order valence-corrected chi connectivity index (χ0v) is 14.7. The Morgan fingerprint density at radius 3 is 2.17 bits per heavy atom. The van der Waals surface area contributed by atoms with Crippen LogP contribution < -0.4 is 4.89 Å². The first-order chi connectivity index (χ1) is 11.4. The van der Waals surface area contributed by atoms with Crippen LogP contribution in [-0.2, 0) is 15.1 Å². The number of carbonyl (C=O) groups is 1. The quantitative estimate of drug-likeness (QED) is 0.416. The lowest BCUT2D eigenvalue weighted by Gasteiger charge is -2.26. The Hall–Kier alpha value is -2.55. The summed E-state index contributed by atoms with van der Waals surface area (Å²) in [5.41, 5.74) is 2.83. The molecule has 0 radical (unpaired) electrons. The molecule has 0 saturated heterocycles. The predicted octanol–water partition coefficient (Wildman–Crippen LogP) is 5.21. The normalized spacial score (nSPS) is 11.9. The number of carbonyl (C=O) groups excluding carboxylic acids is 1. The largest absolute Gasteiger partial charge is 0.381 e. The highest BCUT2D eigenvalue weighted by atomic mass is 17.2. The summed E-state index contributed by atoms with van der Waals surface area (Å²) in [6, 6.07) is 17.9. The van der Waals surface area contributed by atoms with E-state index in [0.29, 0.717) is 11.3 Å². The molecule has 0 unspecified atom stereocenters. The van der Waals surface area contributed by atoms with Gasteiger partial charge >= 0.3 is 5.97 Å². The Balaban J connectivity index is 2.06. The molecule has 2 aromatic rings. The molecule has 3 nitrogen and oxygen atoms in total. The molecular weight excluding hydrogens is 300 g/mol. The molecule has 0 aliphatic rings. The van der Waals surface area contributed by atoms with E-state index in [9.17, 15) is 4.79 Å². The van der Waals surface area contributed by atoms with Crippen molar-refractivity contribution in [3.63, 3.8) is 0 Å². The fraction of sp³-hybridized carbons (Fsp3) is 0.286. The Bertz CT molecular complexity index is 698. The molecule has 0 amide bonds. The molecule has 0 N–H and O–H groups in total. The molecule has 0 aliphatic carbocycles. The second kappa shape index (κ2) is 7.82. The van der Waals surface area contributed by atoms with Crippen LogP contribution in [-0.4, -0.2) is 5.97 Å². The zero-order valence-electron chi connectivity index (χ0n) is 14.7. The van der Waals surface area contributed by atoms with E-state index in [1.54, 1.807) is 13.0 Å². The molecule has 0 aromatic heterocycles. The average molecular weight is 324 g/mol. The highest BCUT2D eigenvalue weighted by Crippen LogP contribution is 2.32. The van der Waals surface area contributed by atoms with E-state index in [0.717, 1.165) is 12.0 Å². The number of hydrogen-bond acceptors (Lipinski definition) is 3. The number of rotatable bonds is 6. The van der Waals surface area contributed by atoms with Gasteiger partial charge in [0.15, 0.2) is 5.75 Å². The minimum Gasteiger partial charge on any atom is -0.287 e. The van der Waals surface area contributed by atoms with Crippen LogP contribution in [0.3, 0.4) is 0 Å². The molecule has 0 atom stereocenters. The second-order valence-corrected chi connectivity index (χ2v) is 6.26. The van der Waals surface area contributed by atoms with Crippen LogP contribution in [0.15, 0.2) is 66.2 Å². The van der Waals surface area contributed by atoms with E-state index in [4.69, 9.17) is 9.78 Å². The van der Waals surface area contributed by atoms with E-state index in [1.807, 2.05) is 49.4 Å². The molecule has 2 aromatic carbocycles. The lowest BCUT2D eigenvalue weighted by Crippen LogP contribution is -2.18. The minimum absolute atomic E-state index is 0.114. The van der Waals surface area contributed by atoms with Crippen molar-refractivity contribution >= 4 is 5.97 Å². The topological polar surface area (TPSA) is 35.5 Å². The standard InChI is InChI=1S/C21H24O3/c1-5-9-16(2)20(22)24-23-19-14-12-18(13-15-19)21(3,4)17-10-7-6-8-11-17/h6-15H,5H2,1-4H3. The van der Waals surface area contributed by atoms with Crippen molar-refractivity contribution in [1.29, 1.82) is 0 Å². The summed E-state index contributed by atoms with van der Waals surface area (Å²) in [5, 5.41) is 0. The smallest absolute Gasteiger partial charge is 0.287 e. The van der Waals surface area contributed by atoms with E-state index in [-0.39, 0.29) is 5.41 Å². The summed E-state index contributed by atoms with van der Waals surface area (Å²) in [6.45, 7) is 8.03. The molecule has 0 heterocycles. The molecule has 24 heavy (non-hydrogen) atoms. The van der Waals surface area contributed by atoms with Gasteiger partial charge in [0.05, 0.1) is 0 Å². The average Bonchev–Trinajstić information content (AvgIpc) is 2.61. The van der Waals surface area contributed by atoms with Crippen LogP contribution >= 0.6 is 0 Å². The van der Waals surface area contributed by atoms with Gasteiger partial charge in [0.2, 0.25) is 0 Å². The van der Waals surface area contributed by atoms with Crippen LogP contribution in [0.2, 0.25) is 0 Å². The number of benzene rings is 2. The van der Waals surface area contributed by atoms with Gasteiger partial charge in [-0.2, -0.15) is 0 Å². The Labute approximate surface area is 143 Å². The number of hydrogen-bond donors (Lipinski definition) is 0. The maximum atomic E-state index is 11.7. The molecular formula is C21H24O3. The van der Waals surface area contributed by atoms with Gasteiger partial charge in [-0.25, -0.2) is 9.68 Å². The van der Waals surface area contributed by atoms with E-state index in [1.165, 1.54) is 5.56 Å². The summed E-state index contributed by atoms with van der Waals surface area (Å²) >= 11 is 0. The summed E-state index contributed by atoms with van der Waals surface area (Å²) < 4.78 is 0. The SMILES string of the molecule is CCC=C(C)C(=O)OOc1ccc(C(C)(C)c2ccccc2)cc1. The molecule has 126 valence electrons. The van der Waals surface area contributed by atoms with Gasteiger partial charge in [-0.3, -0.25) is 4.89 Å². The monoisotopic (exact) mass is 324 g/mol. The fourth-order valence-electron chi connectivity index (χ4n) is 2.49. The van der Waals surface area contributed by atoms with Gasteiger partial charge in [0, 0.05) is 11.0 Å². The van der Waals surface area contributed by atoms with Crippen LogP contribution in [0.25, 0.3) is 0 Å². The van der Waals surface area contributed by atoms with Crippen LogP contribution in [0.4, 0.5) is 0 Å². The first-order valence-electron chi connectivity index (χ1n) is 8.17. The minimum atomic E-state index is -0.467. The van der Waals surface area contributed by atoms with Crippen LogP contribution in [0.5, 0.6) is 5.75 Å². The lowest BCUT2D eigenvalue weighted by atomic mass is 9.78. The summed E-state index contributed by atoms with van der Waals surface area (Å²) in [5.74, 6) is 0.0332. The van der Waals surface area contributed by atoms with E-state index in [2.05, 4.69) is 26.0 Å². The third-order valence-corrected chi connectivity index (χ3v) is 4.12. The van der Waals surface area contributed by atoms with Crippen molar-refractivity contribution in [3.05, 3.63) is 77.4 Å². The van der Waals surface area contributed by atoms with Crippen LogP contribution in [0, 0.1) is 0 Å². The summed E-state index contributed by atoms with van der Waals surface area (Å²) in [4.78, 5) is 21.7. The summed E-state index contributed by atoms with van der Waals surface area (Å²) in [7, 11) is 0. The third-order valence-electron chi connectivity index (χ3n) is 4.12. The first kappa shape index (κ1) is 17.8. The predicted molar refractivity (Wildman–Crippen MR) is 95.8 cm³/mol. The van der Waals surface area contributed by atoms with Gasteiger partial charge in [-0.05, 0) is 36.6 Å². The van der Waals surface area contributed by atoms with Crippen molar-refractivity contribution in [2.45, 2.75) is 39.5 Å². The van der Waals surface area contributed by atoms with Crippen molar-refractivity contribution < 1.29 is 14.6 Å². The zero-order chi connectivity index (χ0) is 17.6. The Morgan fingerprint density at radius 2 is 1.58 bits per heavy atom. The van der Waals surface area contributed by atoms with Gasteiger partial charge in [0.25, 0.3) is 0 Å². The molecule has 0 saturated carbocycles. The molecule has 0 aliphatic heterocycles. The molecule has 2 rings (SSSR count). The molecule has 0 bridgehead atoms. The molecule has 0 fully saturated rings. The third kappa shape index (κ3) is 4.25. The molecule has 3 heteroatoms. The fourth-order valence-corrected chi connectivity index (χ4v) is 2.49. The van der Waals surface area contributed by atoms with E-state index >= 15 is 0 Å². The van der Waals surface area contributed by atoms with E-state index < -0.39 is 5.97 Å². The van der Waals surface area contributed by atoms with Gasteiger partial charge in [0.1, 0.15) is 0 Å². The molecule has 0 spiro atoms. The lowest BCUT2D eigenvalue weighted by molar-refractivity contribution is -0.208. The summed E-state index contributed by atoms with van der Waals surface area (Å²) in [6.07, 6.45) is 2.58. The Morgan fingerprint density at radius 1 is 1.00 bits per heavy atom. The number of allylic oxidation sites excluding steroid dienone is 1. The van der Waals surface area contributed by atoms with Gasteiger partial charge in [-0.1, -0.05) is 69.3 Å². The highest BCUT2D eigenvalue weighted by molar-refractivity contribution is 5.87. The Kier molecular flexibility index (Phi) is 5.80.